The fourth-order valence-corrected chi connectivity index (χ4v) is 3.16. The van der Waals surface area contributed by atoms with Crippen molar-refractivity contribution in [3.8, 4) is 5.75 Å². The van der Waals surface area contributed by atoms with E-state index < -0.39 is 6.03 Å². The Balaban J connectivity index is 1.67. The van der Waals surface area contributed by atoms with Crippen molar-refractivity contribution < 1.29 is 19.1 Å². The van der Waals surface area contributed by atoms with Crippen molar-refractivity contribution in [3.05, 3.63) is 101 Å². The Labute approximate surface area is 193 Å². The van der Waals surface area contributed by atoms with E-state index in [0.717, 1.165) is 22.4 Å². The zero-order chi connectivity index (χ0) is 23.5. The first kappa shape index (κ1) is 23.5. The summed E-state index contributed by atoms with van der Waals surface area (Å²) in [6.07, 6.45) is 1.26. The third kappa shape index (κ3) is 7.50. The monoisotopic (exact) mass is 445 g/mol. The Morgan fingerprint density at radius 1 is 0.939 bits per heavy atom. The number of nitrogens with zero attached hydrogens (tertiary/aromatic N) is 1. The second-order valence-corrected chi connectivity index (χ2v) is 7.38. The highest BCUT2D eigenvalue weighted by atomic mass is 16.5. The molecule has 0 saturated carbocycles. The van der Waals surface area contributed by atoms with Crippen molar-refractivity contribution in [1.29, 1.82) is 0 Å². The van der Waals surface area contributed by atoms with Gasteiger partial charge in [0.05, 0.1) is 17.9 Å². The van der Waals surface area contributed by atoms with E-state index in [1.54, 1.807) is 31.2 Å². The summed E-state index contributed by atoms with van der Waals surface area (Å²) in [6, 6.07) is 23.8. The van der Waals surface area contributed by atoms with Gasteiger partial charge in [-0.2, -0.15) is 5.10 Å². The summed E-state index contributed by atoms with van der Waals surface area (Å²) in [4.78, 5) is 23.1. The van der Waals surface area contributed by atoms with Crippen LogP contribution in [0.4, 0.5) is 4.79 Å². The van der Waals surface area contributed by atoms with Crippen molar-refractivity contribution in [2.45, 2.75) is 26.4 Å². The molecule has 0 saturated heterocycles. The molecule has 0 unspecified atom stereocenters. The molecular formula is C26H27N3O4. The Kier molecular flexibility index (Phi) is 8.59. The summed E-state index contributed by atoms with van der Waals surface area (Å²) in [5.41, 5.74) is 11.3. The van der Waals surface area contributed by atoms with Crippen molar-refractivity contribution >= 4 is 17.7 Å². The topological polar surface area (TPSA) is 103 Å². The van der Waals surface area contributed by atoms with Gasteiger partial charge < -0.3 is 15.2 Å². The van der Waals surface area contributed by atoms with Gasteiger partial charge in [0.2, 0.25) is 0 Å². The smallest absolute Gasteiger partial charge is 0.338 e. The SMILES string of the molecule is CC(=NNC(N)=O)c1ccc(OCc2ccccc2)c(CCCOC(=O)c2ccccc2)c1. The largest absolute Gasteiger partial charge is 0.489 e. The molecule has 0 atom stereocenters. The van der Waals surface area contributed by atoms with Crippen molar-refractivity contribution in [2.24, 2.45) is 10.8 Å². The number of amides is 2. The third-order valence-electron chi connectivity index (χ3n) is 4.88. The molecule has 3 aromatic rings. The van der Waals surface area contributed by atoms with Crippen molar-refractivity contribution in [1.82, 2.24) is 5.43 Å². The molecule has 7 nitrogen and oxygen atoms in total. The Morgan fingerprint density at radius 2 is 1.64 bits per heavy atom. The van der Waals surface area contributed by atoms with E-state index in [0.29, 0.717) is 30.7 Å². The number of hydrazone groups is 1. The van der Waals surface area contributed by atoms with Gasteiger partial charge in [-0.15, -0.1) is 0 Å². The van der Waals surface area contributed by atoms with Crippen LogP contribution < -0.4 is 15.9 Å². The van der Waals surface area contributed by atoms with E-state index in [4.69, 9.17) is 15.2 Å². The Hall–Kier alpha value is -4.13. The fourth-order valence-electron chi connectivity index (χ4n) is 3.16. The standard InChI is InChI=1S/C26H27N3O4/c1-19(28-29-26(27)31)22-14-15-24(33-18-20-9-4-2-5-10-20)23(17-22)13-8-16-32-25(30)21-11-6-3-7-12-21/h2-7,9-12,14-15,17H,8,13,16,18H2,1H3,(H3,27,29,31). The van der Waals surface area contributed by atoms with Crippen LogP contribution in [0.5, 0.6) is 5.75 Å². The fraction of sp³-hybridized carbons (Fsp3) is 0.192. The molecule has 0 radical (unpaired) electrons. The number of hydrogen-bond acceptors (Lipinski definition) is 5. The van der Waals surface area contributed by atoms with E-state index in [-0.39, 0.29) is 12.6 Å². The van der Waals surface area contributed by atoms with Crippen LogP contribution in [0.3, 0.4) is 0 Å². The predicted molar refractivity (Wildman–Crippen MR) is 127 cm³/mol. The molecule has 0 aromatic heterocycles. The average molecular weight is 446 g/mol. The average Bonchev–Trinajstić information content (AvgIpc) is 2.85. The lowest BCUT2D eigenvalue weighted by Crippen LogP contribution is -2.25. The molecule has 0 spiro atoms. The molecular weight excluding hydrogens is 418 g/mol. The minimum atomic E-state index is -0.724. The van der Waals surface area contributed by atoms with Crippen LogP contribution in [-0.4, -0.2) is 24.3 Å². The number of nitrogens with two attached hydrogens (primary N) is 1. The first-order valence-corrected chi connectivity index (χ1v) is 10.6. The van der Waals surface area contributed by atoms with E-state index in [1.165, 1.54) is 0 Å². The first-order chi connectivity index (χ1) is 16.0. The molecule has 3 aromatic carbocycles. The molecule has 3 rings (SSSR count). The summed E-state index contributed by atoms with van der Waals surface area (Å²) in [5.74, 6) is 0.401. The minimum Gasteiger partial charge on any atom is -0.489 e. The molecule has 0 fully saturated rings. The highest BCUT2D eigenvalue weighted by Gasteiger charge is 2.10. The summed E-state index contributed by atoms with van der Waals surface area (Å²) in [6.45, 7) is 2.50. The second-order valence-electron chi connectivity index (χ2n) is 7.38. The lowest BCUT2D eigenvalue weighted by molar-refractivity contribution is 0.0500. The van der Waals surface area contributed by atoms with Crippen molar-refractivity contribution in [2.75, 3.05) is 6.61 Å². The van der Waals surface area contributed by atoms with Gasteiger partial charge in [-0.25, -0.2) is 15.0 Å². The summed E-state index contributed by atoms with van der Waals surface area (Å²) in [5, 5.41) is 3.99. The number of rotatable bonds is 10. The van der Waals surface area contributed by atoms with Gasteiger partial charge in [0, 0.05) is 0 Å². The molecule has 0 aliphatic rings. The molecule has 7 heteroatoms. The molecule has 0 heterocycles. The van der Waals surface area contributed by atoms with Gasteiger partial charge in [-0.05, 0) is 66.8 Å². The zero-order valence-corrected chi connectivity index (χ0v) is 18.5. The lowest BCUT2D eigenvalue weighted by Gasteiger charge is -2.14. The highest BCUT2D eigenvalue weighted by molar-refractivity contribution is 5.99. The van der Waals surface area contributed by atoms with E-state index in [2.05, 4.69) is 10.5 Å². The summed E-state index contributed by atoms with van der Waals surface area (Å²) < 4.78 is 11.5. The zero-order valence-electron chi connectivity index (χ0n) is 18.5. The van der Waals surface area contributed by atoms with Gasteiger partial charge >= 0.3 is 12.0 Å². The number of carbonyl (C=O) groups excluding carboxylic acids is 2. The number of carbonyl (C=O) groups is 2. The summed E-state index contributed by atoms with van der Waals surface area (Å²) in [7, 11) is 0. The predicted octanol–water partition coefficient (Wildman–Crippen LogP) is 4.45. The van der Waals surface area contributed by atoms with Gasteiger partial charge in [0.15, 0.2) is 0 Å². The number of nitrogens with one attached hydrogen (secondary N) is 1. The van der Waals surface area contributed by atoms with Gasteiger partial charge in [0.25, 0.3) is 0 Å². The molecule has 0 aliphatic carbocycles. The first-order valence-electron chi connectivity index (χ1n) is 10.6. The van der Waals surface area contributed by atoms with Crippen LogP contribution in [-0.2, 0) is 17.8 Å². The minimum absolute atomic E-state index is 0.284. The van der Waals surface area contributed by atoms with Gasteiger partial charge in [0.1, 0.15) is 12.4 Å². The number of esters is 1. The van der Waals surface area contributed by atoms with Crippen molar-refractivity contribution in [3.63, 3.8) is 0 Å². The van der Waals surface area contributed by atoms with Crippen LogP contribution in [0, 0.1) is 0 Å². The maximum Gasteiger partial charge on any atom is 0.338 e. The Bertz CT molecular complexity index is 1100. The van der Waals surface area contributed by atoms with Gasteiger partial charge in [-0.3, -0.25) is 0 Å². The quantitative estimate of drug-likeness (QED) is 0.208. The van der Waals surface area contributed by atoms with Crippen LogP contribution in [0.2, 0.25) is 0 Å². The number of primary amides is 1. The molecule has 2 amide bonds. The van der Waals surface area contributed by atoms with E-state index >= 15 is 0 Å². The van der Waals surface area contributed by atoms with Crippen LogP contribution >= 0.6 is 0 Å². The van der Waals surface area contributed by atoms with Crippen LogP contribution in [0.15, 0.2) is 84.0 Å². The molecule has 33 heavy (non-hydrogen) atoms. The van der Waals surface area contributed by atoms with Crippen LogP contribution in [0.25, 0.3) is 0 Å². The number of hydrogen-bond donors (Lipinski definition) is 2. The normalized spacial score (nSPS) is 11.0. The number of benzene rings is 3. The van der Waals surface area contributed by atoms with E-state index in [1.807, 2.05) is 54.6 Å². The third-order valence-corrected chi connectivity index (χ3v) is 4.88. The van der Waals surface area contributed by atoms with Crippen LogP contribution in [0.1, 0.15) is 40.4 Å². The second kappa shape index (κ2) is 12.0. The van der Waals surface area contributed by atoms with E-state index in [9.17, 15) is 9.59 Å². The number of urea groups is 1. The maximum absolute atomic E-state index is 12.1. The number of ether oxygens (including phenoxy) is 2. The van der Waals surface area contributed by atoms with Gasteiger partial charge in [-0.1, -0.05) is 48.5 Å². The molecule has 3 N–H and O–H groups in total. The highest BCUT2D eigenvalue weighted by Crippen LogP contribution is 2.24. The Morgan fingerprint density at radius 3 is 2.33 bits per heavy atom. The molecule has 0 aliphatic heterocycles. The lowest BCUT2D eigenvalue weighted by atomic mass is 10.0. The molecule has 170 valence electrons. The summed E-state index contributed by atoms with van der Waals surface area (Å²) >= 11 is 0. The maximum atomic E-state index is 12.1. The number of aryl methyl sites for hydroxylation is 1. The molecule has 0 bridgehead atoms.